The lowest BCUT2D eigenvalue weighted by Gasteiger charge is -2.41. The van der Waals surface area contributed by atoms with Gasteiger partial charge in [-0.25, -0.2) is 0 Å². The van der Waals surface area contributed by atoms with Crippen molar-refractivity contribution >= 4 is 16.5 Å². The summed E-state index contributed by atoms with van der Waals surface area (Å²) >= 11 is 0. The molecule has 0 saturated carbocycles. The third-order valence-electron chi connectivity index (χ3n) is 4.79. The molecule has 4 rings (SSSR count). The topological polar surface area (TPSA) is 39.3 Å². The monoisotopic (exact) mass is 280 g/mol. The van der Waals surface area contributed by atoms with Crippen molar-refractivity contribution in [2.24, 2.45) is 5.92 Å². The number of aliphatic hydroxyl groups excluding tert-OH is 1. The van der Waals surface area contributed by atoms with Crippen LogP contribution < -0.4 is 0 Å². The first-order valence-electron chi connectivity index (χ1n) is 7.58. The van der Waals surface area contributed by atoms with E-state index in [2.05, 4.69) is 46.9 Å². The number of H-pyrrole nitrogens is 1. The molecule has 3 nitrogen and oxygen atoms in total. The van der Waals surface area contributed by atoms with Gasteiger partial charge in [0.25, 0.3) is 0 Å². The molecule has 0 bridgehead atoms. The molecule has 2 heterocycles. The molecule has 108 valence electrons. The van der Waals surface area contributed by atoms with Crippen LogP contribution in [0.25, 0.3) is 16.5 Å². The van der Waals surface area contributed by atoms with Crippen LogP contribution in [-0.2, 0) is 6.42 Å². The fourth-order valence-electron chi connectivity index (χ4n) is 3.89. The minimum absolute atomic E-state index is 0.208. The Labute approximate surface area is 124 Å². The molecule has 2 atom stereocenters. The molecule has 3 heteroatoms. The van der Waals surface area contributed by atoms with Crippen LogP contribution in [0.5, 0.6) is 0 Å². The Kier molecular flexibility index (Phi) is 2.98. The van der Waals surface area contributed by atoms with Crippen molar-refractivity contribution in [2.75, 3.05) is 19.7 Å². The zero-order valence-corrected chi connectivity index (χ0v) is 12.0. The van der Waals surface area contributed by atoms with Gasteiger partial charge in [0.1, 0.15) is 0 Å². The summed E-state index contributed by atoms with van der Waals surface area (Å²) in [5.74, 6) is 0.215. The van der Waals surface area contributed by atoms with Gasteiger partial charge in [0.2, 0.25) is 0 Å². The third kappa shape index (κ3) is 1.88. The van der Waals surface area contributed by atoms with E-state index < -0.39 is 0 Å². The van der Waals surface area contributed by atoms with Gasteiger partial charge in [-0.05, 0) is 29.2 Å². The summed E-state index contributed by atoms with van der Waals surface area (Å²) in [4.78, 5) is 5.83. The Morgan fingerprint density at radius 2 is 2.33 bits per heavy atom. The largest absolute Gasteiger partial charge is 0.396 e. The van der Waals surface area contributed by atoms with Gasteiger partial charge in [0, 0.05) is 42.1 Å². The SMILES string of the molecule is C=CCN1C[C@H](CO)C=C2c3cccc4[nH]cc(c34)C[C@H]21. The molecule has 2 aromatic rings. The second-order valence-electron chi connectivity index (χ2n) is 6.07. The first-order valence-corrected chi connectivity index (χ1v) is 7.58. The summed E-state index contributed by atoms with van der Waals surface area (Å²) < 4.78 is 0. The van der Waals surface area contributed by atoms with Crippen molar-refractivity contribution in [2.45, 2.75) is 12.5 Å². The fraction of sp³-hybridized carbons (Fsp3) is 0.333. The fourth-order valence-corrected chi connectivity index (χ4v) is 3.89. The van der Waals surface area contributed by atoms with E-state index in [1.54, 1.807) is 0 Å². The van der Waals surface area contributed by atoms with Crippen molar-refractivity contribution in [3.8, 4) is 0 Å². The van der Waals surface area contributed by atoms with Crippen LogP contribution in [0.3, 0.4) is 0 Å². The highest BCUT2D eigenvalue weighted by molar-refractivity contribution is 5.98. The number of hydrogen-bond acceptors (Lipinski definition) is 2. The average Bonchev–Trinajstić information content (AvgIpc) is 2.93. The van der Waals surface area contributed by atoms with Crippen molar-refractivity contribution in [1.82, 2.24) is 9.88 Å². The number of aromatic amines is 1. The minimum Gasteiger partial charge on any atom is -0.396 e. The van der Waals surface area contributed by atoms with Gasteiger partial charge in [-0.2, -0.15) is 0 Å². The highest BCUT2D eigenvalue weighted by Crippen LogP contribution is 2.41. The highest BCUT2D eigenvalue weighted by atomic mass is 16.3. The minimum atomic E-state index is 0.208. The van der Waals surface area contributed by atoms with Crippen molar-refractivity contribution in [3.05, 3.63) is 54.3 Å². The molecule has 1 aliphatic carbocycles. The predicted molar refractivity (Wildman–Crippen MR) is 86.1 cm³/mol. The van der Waals surface area contributed by atoms with Crippen LogP contribution in [0.15, 0.2) is 43.1 Å². The van der Waals surface area contributed by atoms with Gasteiger partial charge < -0.3 is 10.1 Å². The summed E-state index contributed by atoms with van der Waals surface area (Å²) in [6, 6.07) is 6.86. The van der Waals surface area contributed by atoms with Crippen LogP contribution in [0.4, 0.5) is 0 Å². The lowest BCUT2D eigenvalue weighted by molar-refractivity contribution is 0.169. The second-order valence-corrected chi connectivity index (χ2v) is 6.07. The van der Waals surface area contributed by atoms with Gasteiger partial charge in [0.05, 0.1) is 6.61 Å². The normalized spacial score (nSPS) is 24.7. The van der Waals surface area contributed by atoms with E-state index in [1.807, 2.05) is 6.08 Å². The lowest BCUT2D eigenvalue weighted by atomic mass is 9.80. The Balaban J connectivity index is 1.89. The number of aliphatic hydroxyl groups is 1. The average molecular weight is 280 g/mol. The van der Waals surface area contributed by atoms with Gasteiger partial charge in [-0.3, -0.25) is 4.90 Å². The van der Waals surface area contributed by atoms with E-state index >= 15 is 0 Å². The Hall–Kier alpha value is -1.84. The van der Waals surface area contributed by atoms with E-state index in [4.69, 9.17) is 0 Å². The van der Waals surface area contributed by atoms with Crippen LogP contribution >= 0.6 is 0 Å². The lowest BCUT2D eigenvalue weighted by Crippen LogP contribution is -2.45. The number of nitrogens with one attached hydrogen (secondary N) is 1. The van der Waals surface area contributed by atoms with Gasteiger partial charge in [-0.15, -0.1) is 6.58 Å². The van der Waals surface area contributed by atoms with E-state index in [9.17, 15) is 5.11 Å². The Morgan fingerprint density at radius 3 is 3.14 bits per heavy atom. The molecule has 0 spiro atoms. The molecule has 1 aromatic heterocycles. The van der Waals surface area contributed by atoms with Crippen LogP contribution in [0.1, 0.15) is 11.1 Å². The number of aromatic nitrogens is 1. The molecule has 0 radical (unpaired) electrons. The van der Waals surface area contributed by atoms with Crippen LogP contribution in [0, 0.1) is 5.92 Å². The first kappa shape index (κ1) is 12.9. The molecular formula is C18H20N2O. The Morgan fingerprint density at radius 1 is 1.43 bits per heavy atom. The van der Waals surface area contributed by atoms with Crippen molar-refractivity contribution < 1.29 is 5.11 Å². The standard InChI is InChI=1S/C18H20N2O/c1-2-6-20-10-12(11-21)7-15-14-4-3-5-16-18(14)13(9-19-16)8-17(15)20/h2-5,7,9,12,17,19,21H,1,6,8,10-11H2/t12-,17-/m1/s1. The predicted octanol–water partition coefficient (Wildman–Crippen LogP) is 2.59. The van der Waals surface area contributed by atoms with Gasteiger partial charge in [-0.1, -0.05) is 24.3 Å². The summed E-state index contributed by atoms with van der Waals surface area (Å²) in [6.07, 6.45) is 7.43. The molecule has 0 unspecified atom stereocenters. The first-order chi connectivity index (χ1) is 10.3. The number of nitrogens with zero attached hydrogens (tertiary/aromatic N) is 1. The maximum Gasteiger partial charge on any atom is 0.0506 e. The zero-order chi connectivity index (χ0) is 14.4. The van der Waals surface area contributed by atoms with Gasteiger partial charge in [0.15, 0.2) is 0 Å². The van der Waals surface area contributed by atoms with E-state index in [0.717, 1.165) is 19.5 Å². The highest BCUT2D eigenvalue weighted by Gasteiger charge is 2.34. The maximum absolute atomic E-state index is 9.61. The number of fused-ring (bicyclic) bond motifs is 2. The molecule has 0 fully saturated rings. The van der Waals surface area contributed by atoms with E-state index in [-0.39, 0.29) is 12.5 Å². The van der Waals surface area contributed by atoms with Gasteiger partial charge >= 0.3 is 0 Å². The molecule has 2 aliphatic rings. The summed E-state index contributed by atoms with van der Waals surface area (Å²) in [6.45, 7) is 5.87. The van der Waals surface area contributed by atoms with E-state index in [1.165, 1.54) is 27.6 Å². The third-order valence-corrected chi connectivity index (χ3v) is 4.79. The smallest absolute Gasteiger partial charge is 0.0506 e. The zero-order valence-electron chi connectivity index (χ0n) is 12.0. The summed E-state index contributed by atoms with van der Waals surface area (Å²) in [5.41, 5.74) is 5.31. The molecule has 0 saturated heterocycles. The Bertz CT molecular complexity index is 728. The van der Waals surface area contributed by atoms with Crippen LogP contribution in [-0.4, -0.2) is 40.7 Å². The number of rotatable bonds is 3. The quantitative estimate of drug-likeness (QED) is 0.848. The molecular weight excluding hydrogens is 260 g/mol. The molecule has 0 amide bonds. The van der Waals surface area contributed by atoms with Crippen LogP contribution in [0.2, 0.25) is 0 Å². The molecule has 1 aromatic carbocycles. The number of hydrogen-bond donors (Lipinski definition) is 2. The van der Waals surface area contributed by atoms with Crippen molar-refractivity contribution in [3.63, 3.8) is 0 Å². The summed E-state index contributed by atoms with van der Waals surface area (Å²) in [7, 11) is 0. The maximum atomic E-state index is 9.61. The van der Waals surface area contributed by atoms with E-state index in [0.29, 0.717) is 6.04 Å². The summed E-state index contributed by atoms with van der Waals surface area (Å²) in [5, 5.41) is 11.0. The molecule has 1 aliphatic heterocycles. The number of benzene rings is 1. The molecule has 21 heavy (non-hydrogen) atoms. The molecule has 2 N–H and O–H groups in total. The van der Waals surface area contributed by atoms with Crippen molar-refractivity contribution in [1.29, 1.82) is 0 Å². The second kappa shape index (κ2) is 4.86.